The molecule has 0 aromatic rings. The fraction of sp³-hybridized carbons (Fsp3) is 0.857. The quantitative estimate of drug-likeness (QED) is 0.0472. The summed E-state index contributed by atoms with van der Waals surface area (Å²) in [4.78, 5) is 36.5. The molecule has 1 rings (SSSR count). The molecule has 1 fully saturated rings. The number of aliphatic carboxylic acids is 1. The van der Waals surface area contributed by atoms with Crippen LogP contribution in [0.25, 0.3) is 0 Å². The Bertz CT molecular complexity index is 846. The topological polar surface area (TPSA) is 186 Å². The summed E-state index contributed by atoms with van der Waals surface area (Å²) < 4.78 is 48.5. The Labute approximate surface area is 255 Å². The molecule has 1 aliphatic rings. The number of hydrogen-bond acceptors (Lipinski definition) is 10. The summed E-state index contributed by atoms with van der Waals surface area (Å²) in [6.07, 6.45) is 7.81. The number of rotatable bonds is 22. The molecule has 0 amide bonds. The van der Waals surface area contributed by atoms with Gasteiger partial charge in [0.05, 0.1) is 39.6 Å². The highest BCUT2D eigenvalue weighted by atomic mass is 31.2. The van der Waals surface area contributed by atoms with Crippen molar-refractivity contribution in [2.75, 3.05) is 46.7 Å². The standard InChI is InChI=1S/C28H52N3O11P/c1-4-6-17-37-27(34)39-19-11-13-21-41-43(36,42-22-14-12-20-40-28(35)38-18-7-5-2)30-26(29)31(3)24(25(32)33)23-15-9-8-10-16-23/h23-24H,4-22H2,1-3H3,(H,32,33)(H2,29,30,36). The predicted molar refractivity (Wildman–Crippen MR) is 160 cm³/mol. The molecule has 43 heavy (non-hydrogen) atoms. The van der Waals surface area contributed by atoms with Crippen LogP contribution in [0, 0.1) is 5.92 Å². The highest BCUT2D eigenvalue weighted by Gasteiger charge is 2.35. The number of nitrogens with zero attached hydrogens (tertiary/aromatic N) is 2. The first-order valence-corrected chi connectivity index (χ1v) is 16.9. The van der Waals surface area contributed by atoms with Crippen LogP contribution in [0.15, 0.2) is 4.76 Å². The molecule has 0 spiro atoms. The van der Waals surface area contributed by atoms with Crippen LogP contribution in [0.2, 0.25) is 0 Å². The van der Waals surface area contributed by atoms with E-state index < -0.39 is 32.1 Å². The molecule has 14 nitrogen and oxygen atoms in total. The highest BCUT2D eigenvalue weighted by molar-refractivity contribution is 7.52. The Morgan fingerprint density at radius 3 is 1.63 bits per heavy atom. The van der Waals surface area contributed by atoms with Crippen molar-refractivity contribution in [1.29, 1.82) is 0 Å². The number of carbonyl (C=O) groups is 3. The Hall–Kier alpha value is -2.57. The van der Waals surface area contributed by atoms with Crippen molar-refractivity contribution >= 4 is 32.0 Å². The number of carboxylic acids is 1. The second-order valence-electron chi connectivity index (χ2n) is 10.4. The van der Waals surface area contributed by atoms with Gasteiger partial charge in [-0.1, -0.05) is 46.0 Å². The van der Waals surface area contributed by atoms with Crippen molar-refractivity contribution in [1.82, 2.24) is 4.90 Å². The Balaban J connectivity index is 2.71. The number of hydrogen-bond donors (Lipinski definition) is 2. The van der Waals surface area contributed by atoms with Gasteiger partial charge in [-0.2, -0.15) is 0 Å². The molecule has 1 aliphatic carbocycles. The second-order valence-corrected chi connectivity index (χ2v) is 12.1. The van der Waals surface area contributed by atoms with Gasteiger partial charge < -0.3 is 34.7 Å². The first-order valence-electron chi connectivity index (χ1n) is 15.4. The lowest BCUT2D eigenvalue weighted by molar-refractivity contribution is -0.143. The van der Waals surface area contributed by atoms with E-state index in [4.69, 9.17) is 33.7 Å². The number of nitrogens with two attached hydrogens (primary N) is 1. The molecule has 0 heterocycles. The molecule has 0 aliphatic heterocycles. The second kappa shape index (κ2) is 22.9. The normalized spacial score (nSPS) is 15.0. The lowest BCUT2D eigenvalue weighted by atomic mass is 9.83. The summed E-state index contributed by atoms with van der Waals surface area (Å²) in [5.41, 5.74) is 6.16. The van der Waals surface area contributed by atoms with E-state index in [1.807, 2.05) is 13.8 Å². The molecule has 0 aromatic heterocycles. The Morgan fingerprint density at radius 2 is 1.21 bits per heavy atom. The van der Waals surface area contributed by atoms with Crippen LogP contribution >= 0.6 is 7.75 Å². The van der Waals surface area contributed by atoms with E-state index in [9.17, 15) is 24.1 Å². The van der Waals surface area contributed by atoms with E-state index in [2.05, 4.69) is 4.76 Å². The fourth-order valence-corrected chi connectivity index (χ4v) is 5.63. The minimum atomic E-state index is -4.15. The average molecular weight is 638 g/mol. The van der Waals surface area contributed by atoms with Crippen LogP contribution in [0.1, 0.15) is 97.3 Å². The third-order valence-corrected chi connectivity index (χ3v) is 8.28. The summed E-state index contributed by atoms with van der Waals surface area (Å²) in [5.74, 6) is -1.42. The van der Waals surface area contributed by atoms with Gasteiger partial charge in [0.1, 0.15) is 6.04 Å². The summed E-state index contributed by atoms with van der Waals surface area (Å²) in [6.45, 7) is 4.67. The lowest BCUT2D eigenvalue weighted by Crippen LogP contribution is -2.50. The molecule has 1 unspecified atom stereocenters. The van der Waals surface area contributed by atoms with Gasteiger partial charge in [-0.3, -0.25) is 9.05 Å². The molecule has 250 valence electrons. The van der Waals surface area contributed by atoms with Crippen molar-refractivity contribution < 1.29 is 52.1 Å². The number of guanidine groups is 1. The molecule has 15 heteroatoms. The van der Waals surface area contributed by atoms with Crippen molar-refractivity contribution in [3.05, 3.63) is 0 Å². The maximum absolute atomic E-state index is 13.6. The molecule has 0 bridgehead atoms. The van der Waals surface area contributed by atoms with Crippen LogP contribution in [-0.4, -0.2) is 87.0 Å². The minimum Gasteiger partial charge on any atom is -0.480 e. The zero-order valence-electron chi connectivity index (χ0n) is 26.0. The van der Waals surface area contributed by atoms with Crippen LogP contribution in [0.3, 0.4) is 0 Å². The molecule has 1 atom stereocenters. The summed E-state index contributed by atoms with van der Waals surface area (Å²) >= 11 is 0. The van der Waals surface area contributed by atoms with Gasteiger partial charge in [-0.25, -0.2) is 18.9 Å². The SMILES string of the molecule is CCCCOC(=O)OCCCCOP(=O)(N=C(N)N(C)C(C(=O)O)C1CCCCC1)OCCCCOC(=O)OCCCC. The van der Waals surface area contributed by atoms with Crippen molar-refractivity contribution in [3.8, 4) is 0 Å². The summed E-state index contributed by atoms with van der Waals surface area (Å²) in [6, 6.07) is -0.930. The van der Waals surface area contributed by atoms with Gasteiger partial charge in [-0.15, -0.1) is 4.76 Å². The third-order valence-electron chi connectivity index (χ3n) is 6.81. The van der Waals surface area contributed by atoms with Gasteiger partial charge in [-0.05, 0) is 57.3 Å². The van der Waals surface area contributed by atoms with Gasteiger partial charge in [0.2, 0.25) is 5.96 Å². The number of likely N-dealkylation sites (N-methyl/N-ethyl adjacent to an activating group) is 1. The van der Waals surface area contributed by atoms with Gasteiger partial charge in [0.25, 0.3) is 0 Å². The van der Waals surface area contributed by atoms with Crippen molar-refractivity contribution in [3.63, 3.8) is 0 Å². The van der Waals surface area contributed by atoms with Crippen molar-refractivity contribution in [2.45, 2.75) is 103 Å². The van der Waals surface area contributed by atoms with E-state index in [-0.39, 0.29) is 38.3 Å². The minimum absolute atomic E-state index is 0.0380. The fourth-order valence-electron chi connectivity index (χ4n) is 4.33. The molecule has 1 saturated carbocycles. The number of unbranched alkanes of at least 4 members (excludes halogenated alkanes) is 4. The first kappa shape index (κ1) is 38.5. The molecular weight excluding hydrogens is 585 g/mol. The van der Waals surface area contributed by atoms with E-state index in [1.165, 1.54) is 11.9 Å². The maximum atomic E-state index is 13.6. The zero-order chi connectivity index (χ0) is 31.9. The average Bonchev–Trinajstić information content (AvgIpc) is 2.97. The van der Waals surface area contributed by atoms with Gasteiger partial charge in [0.15, 0.2) is 0 Å². The molecular formula is C28H52N3O11P. The predicted octanol–water partition coefficient (Wildman–Crippen LogP) is 5.87. The van der Waals surface area contributed by atoms with E-state index in [0.717, 1.165) is 57.8 Å². The van der Waals surface area contributed by atoms with E-state index in [0.29, 0.717) is 38.9 Å². The molecule has 3 N–H and O–H groups in total. The van der Waals surface area contributed by atoms with E-state index in [1.54, 1.807) is 0 Å². The van der Waals surface area contributed by atoms with Crippen LogP contribution in [-0.2, 0) is 37.4 Å². The first-order chi connectivity index (χ1) is 20.6. The number of carbonyl (C=O) groups excluding carboxylic acids is 2. The Kier molecular flexibility index (Phi) is 20.5. The highest BCUT2D eigenvalue weighted by Crippen LogP contribution is 2.50. The zero-order valence-corrected chi connectivity index (χ0v) is 26.9. The number of carboxylic acid groups (broad SMARTS) is 1. The van der Waals surface area contributed by atoms with Crippen LogP contribution in [0.5, 0.6) is 0 Å². The molecule has 0 aromatic carbocycles. The van der Waals surface area contributed by atoms with Crippen LogP contribution < -0.4 is 5.73 Å². The third kappa shape index (κ3) is 17.3. The maximum Gasteiger partial charge on any atom is 0.508 e. The monoisotopic (exact) mass is 637 g/mol. The van der Waals surface area contributed by atoms with Crippen LogP contribution in [0.4, 0.5) is 9.59 Å². The van der Waals surface area contributed by atoms with E-state index >= 15 is 0 Å². The Morgan fingerprint density at radius 1 is 0.791 bits per heavy atom. The lowest BCUT2D eigenvalue weighted by Gasteiger charge is -2.34. The summed E-state index contributed by atoms with van der Waals surface area (Å²) in [5, 5.41) is 9.92. The molecule has 0 radical (unpaired) electrons. The van der Waals surface area contributed by atoms with Gasteiger partial charge >= 0.3 is 26.0 Å². The number of ether oxygens (including phenoxy) is 4. The van der Waals surface area contributed by atoms with Crippen molar-refractivity contribution in [2.24, 2.45) is 16.4 Å². The largest absolute Gasteiger partial charge is 0.508 e. The summed E-state index contributed by atoms with van der Waals surface area (Å²) in [7, 11) is -2.64. The van der Waals surface area contributed by atoms with Gasteiger partial charge in [0, 0.05) is 7.05 Å². The molecule has 0 saturated heterocycles. The smallest absolute Gasteiger partial charge is 0.480 e.